The number of ether oxygens (including phenoxy) is 1. The Hall–Kier alpha value is -2.53. The summed E-state index contributed by atoms with van der Waals surface area (Å²) in [7, 11) is 1.65. The lowest BCUT2D eigenvalue weighted by molar-refractivity contribution is 0.100. The average Bonchev–Trinajstić information content (AvgIpc) is 2.42. The highest BCUT2D eigenvalue weighted by Gasteiger charge is 2.05. The normalized spacial score (nSPS) is 10.2. The first-order valence-corrected chi connectivity index (χ1v) is 6.14. The highest BCUT2D eigenvalue weighted by atomic mass is 16.5. The Morgan fingerprint density at radius 2 is 2.05 bits per heavy atom. The van der Waals surface area contributed by atoms with Crippen LogP contribution in [0.5, 0.6) is 0 Å². The molecule has 0 saturated carbocycles. The number of nitrogen functional groups attached to an aromatic ring is 1. The molecule has 2 rings (SSSR count). The number of hydrogen-bond acceptors (Lipinski definition) is 4. The molecular weight excluding hydrogens is 254 g/mol. The van der Waals surface area contributed by atoms with E-state index in [-0.39, 0.29) is 0 Å². The molecule has 0 bridgehead atoms. The third-order valence-corrected chi connectivity index (χ3v) is 2.85. The van der Waals surface area contributed by atoms with Gasteiger partial charge in [-0.2, -0.15) is 0 Å². The second kappa shape index (κ2) is 6.08. The number of hydrogen-bond donors (Lipinski definition) is 3. The molecule has 0 heterocycles. The minimum atomic E-state index is -0.495. The molecular formula is C15H17N3O2. The molecule has 5 heteroatoms. The number of benzene rings is 2. The summed E-state index contributed by atoms with van der Waals surface area (Å²) in [5.41, 5.74) is 14.7. The third kappa shape index (κ3) is 3.27. The number of primary amides is 1. The van der Waals surface area contributed by atoms with Crippen molar-refractivity contribution in [2.75, 3.05) is 18.2 Å². The van der Waals surface area contributed by atoms with Gasteiger partial charge in [0.15, 0.2) is 0 Å². The first-order chi connectivity index (χ1) is 9.60. The number of carbonyl (C=O) groups excluding carboxylic acids is 1. The van der Waals surface area contributed by atoms with Crippen LogP contribution in [0.4, 0.5) is 17.1 Å². The molecule has 0 saturated heterocycles. The van der Waals surface area contributed by atoms with E-state index in [9.17, 15) is 4.79 Å². The second-order valence-electron chi connectivity index (χ2n) is 4.42. The fourth-order valence-corrected chi connectivity index (χ4v) is 1.89. The minimum Gasteiger partial charge on any atom is -0.397 e. The summed E-state index contributed by atoms with van der Waals surface area (Å²) in [6.07, 6.45) is 0. The Bertz CT molecular complexity index is 626. The largest absolute Gasteiger partial charge is 0.397 e. The Morgan fingerprint density at radius 3 is 2.70 bits per heavy atom. The zero-order valence-electron chi connectivity index (χ0n) is 11.2. The standard InChI is InChI=1S/C15H17N3O2/c1-20-9-10-3-2-4-12(7-10)18-14-6-5-11(15(17)19)8-13(14)16/h2-8,18H,9,16H2,1H3,(H2,17,19). The first kappa shape index (κ1) is 13.9. The predicted molar refractivity (Wildman–Crippen MR) is 79.8 cm³/mol. The molecule has 2 aromatic rings. The van der Waals surface area contributed by atoms with E-state index in [0.717, 1.165) is 16.9 Å². The zero-order chi connectivity index (χ0) is 14.5. The van der Waals surface area contributed by atoms with Crippen LogP contribution in [0.15, 0.2) is 42.5 Å². The van der Waals surface area contributed by atoms with Gasteiger partial charge in [-0.25, -0.2) is 0 Å². The van der Waals surface area contributed by atoms with Gasteiger partial charge >= 0.3 is 0 Å². The number of amides is 1. The lowest BCUT2D eigenvalue weighted by Gasteiger charge is -2.11. The summed E-state index contributed by atoms with van der Waals surface area (Å²) in [6.45, 7) is 0.547. The van der Waals surface area contributed by atoms with Crippen molar-refractivity contribution in [3.63, 3.8) is 0 Å². The van der Waals surface area contributed by atoms with Gasteiger partial charge in [0.2, 0.25) is 5.91 Å². The molecule has 0 spiro atoms. The molecule has 20 heavy (non-hydrogen) atoms. The van der Waals surface area contributed by atoms with Crippen LogP contribution in [-0.2, 0) is 11.3 Å². The van der Waals surface area contributed by atoms with Gasteiger partial charge in [-0.15, -0.1) is 0 Å². The SMILES string of the molecule is COCc1cccc(Nc2ccc(C(N)=O)cc2N)c1. The van der Waals surface area contributed by atoms with Gasteiger partial charge in [-0.3, -0.25) is 4.79 Å². The molecule has 2 aromatic carbocycles. The second-order valence-corrected chi connectivity index (χ2v) is 4.42. The summed E-state index contributed by atoms with van der Waals surface area (Å²) in [5, 5.41) is 3.20. The van der Waals surface area contributed by atoms with E-state index in [1.54, 1.807) is 25.3 Å². The maximum absolute atomic E-state index is 11.1. The molecule has 0 aromatic heterocycles. The van der Waals surface area contributed by atoms with E-state index in [4.69, 9.17) is 16.2 Å². The fourth-order valence-electron chi connectivity index (χ4n) is 1.89. The van der Waals surface area contributed by atoms with E-state index < -0.39 is 5.91 Å². The van der Waals surface area contributed by atoms with Crippen LogP contribution in [0.2, 0.25) is 0 Å². The van der Waals surface area contributed by atoms with E-state index in [2.05, 4.69) is 5.32 Å². The van der Waals surface area contributed by atoms with Gasteiger partial charge in [0, 0.05) is 18.4 Å². The number of methoxy groups -OCH3 is 1. The average molecular weight is 271 g/mol. The van der Waals surface area contributed by atoms with Crippen LogP contribution in [-0.4, -0.2) is 13.0 Å². The Balaban J connectivity index is 2.21. The summed E-state index contributed by atoms with van der Waals surface area (Å²) >= 11 is 0. The van der Waals surface area contributed by atoms with Crippen LogP contribution in [0.3, 0.4) is 0 Å². The molecule has 0 unspecified atom stereocenters. The summed E-state index contributed by atoms with van der Waals surface area (Å²) in [4.78, 5) is 11.1. The molecule has 5 N–H and O–H groups in total. The number of rotatable bonds is 5. The molecule has 0 aliphatic carbocycles. The molecule has 0 aliphatic rings. The lowest BCUT2D eigenvalue weighted by atomic mass is 10.1. The molecule has 0 atom stereocenters. The van der Waals surface area contributed by atoms with Gasteiger partial charge in [0.25, 0.3) is 0 Å². The van der Waals surface area contributed by atoms with E-state index in [1.807, 2.05) is 24.3 Å². The highest BCUT2D eigenvalue weighted by molar-refractivity contribution is 5.95. The molecule has 1 amide bonds. The van der Waals surface area contributed by atoms with Crippen LogP contribution >= 0.6 is 0 Å². The molecule has 0 radical (unpaired) electrons. The van der Waals surface area contributed by atoms with Crippen molar-refractivity contribution in [3.8, 4) is 0 Å². The van der Waals surface area contributed by atoms with E-state index in [0.29, 0.717) is 17.9 Å². The lowest BCUT2D eigenvalue weighted by Crippen LogP contribution is -2.11. The van der Waals surface area contributed by atoms with Gasteiger partial charge < -0.3 is 21.5 Å². The third-order valence-electron chi connectivity index (χ3n) is 2.85. The van der Waals surface area contributed by atoms with Crippen LogP contribution < -0.4 is 16.8 Å². The molecule has 0 aliphatic heterocycles. The van der Waals surface area contributed by atoms with Gasteiger partial charge in [-0.1, -0.05) is 12.1 Å². The van der Waals surface area contributed by atoms with Crippen molar-refractivity contribution in [3.05, 3.63) is 53.6 Å². The topological polar surface area (TPSA) is 90.4 Å². The van der Waals surface area contributed by atoms with Crippen molar-refractivity contribution in [2.45, 2.75) is 6.61 Å². The Labute approximate surface area is 117 Å². The summed E-state index contributed by atoms with van der Waals surface area (Å²) < 4.78 is 5.10. The number of nitrogens with two attached hydrogens (primary N) is 2. The van der Waals surface area contributed by atoms with Crippen molar-refractivity contribution < 1.29 is 9.53 Å². The predicted octanol–water partition coefficient (Wildman–Crippen LogP) is 2.26. The van der Waals surface area contributed by atoms with E-state index in [1.165, 1.54) is 0 Å². The summed E-state index contributed by atoms with van der Waals surface area (Å²) in [5.74, 6) is -0.495. The smallest absolute Gasteiger partial charge is 0.248 e. The van der Waals surface area contributed by atoms with Crippen LogP contribution in [0.25, 0.3) is 0 Å². The monoisotopic (exact) mass is 271 g/mol. The van der Waals surface area contributed by atoms with Crippen molar-refractivity contribution in [1.29, 1.82) is 0 Å². The maximum Gasteiger partial charge on any atom is 0.248 e. The molecule has 5 nitrogen and oxygen atoms in total. The van der Waals surface area contributed by atoms with Crippen LogP contribution in [0, 0.1) is 0 Å². The van der Waals surface area contributed by atoms with Gasteiger partial charge in [-0.05, 0) is 35.9 Å². The van der Waals surface area contributed by atoms with Crippen molar-refractivity contribution in [2.24, 2.45) is 5.73 Å². The quantitative estimate of drug-likeness (QED) is 0.727. The summed E-state index contributed by atoms with van der Waals surface area (Å²) in [6, 6.07) is 12.8. The van der Waals surface area contributed by atoms with Gasteiger partial charge in [0.1, 0.15) is 0 Å². The Kier molecular flexibility index (Phi) is 4.22. The highest BCUT2D eigenvalue weighted by Crippen LogP contribution is 2.24. The first-order valence-electron chi connectivity index (χ1n) is 6.14. The molecule has 0 fully saturated rings. The van der Waals surface area contributed by atoms with E-state index >= 15 is 0 Å². The zero-order valence-corrected chi connectivity index (χ0v) is 11.2. The van der Waals surface area contributed by atoms with Gasteiger partial charge in [0.05, 0.1) is 18.0 Å². The minimum absolute atomic E-state index is 0.390. The number of carbonyl (C=O) groups is 1. The fraction of sp³-hybridized carbons (Fsp3) is 0.133. The maximum atomic E-state index is 11.1. The Morgan fingerprint density at radius 1 is 1.25 bits per heavy atom. The molecule has 104 valence electrons. The number of anilines is 3. The number of nitrogens with one attached hydrogen (secondary N) is 1. The van der Waals surface area contributed by atoms with Crippen molar-refractivity contribution in [1.82, 2.24) is 0 Å². The van der Waals surface area contributed by atoms with Crippen molar-refractivity contribution >= 4 is 23.0 Å². The van der Waals surface area contributed by atoms with Crippen LogP contribution in [0.1, 0.15) is 15.9 Å².